The van der Waals surface area contributed by atoms with Gasteiger partial charge in [-0.3, -0.25) is 14.4 Å². The molecule has 0 amide bonds. The first-order valence-corrected chi connectivity index (χ1v) is 9.61. The first-order valence-electron chi connectivity index (χ1n) is 9.61. The number of carbonyl (C=O) groups excluding carboxylic acids is 3. The smallest absolute Gasteiger partial charge is 0.310 e. The first-order chi connectivity index (χ1) is 13.0. The van der Waals surface area contributed by atoms with Gasteiger partial charge in [-0.15, -0.1) is 0 Å². The fourth-order valence-corrected chi connectivity index (χ4v) is 4.77. The minimum absolute atomic E-state index is 0.00374. The van der Waals surface area contributed by atoms with Crippen molar-refractivity contribution in [2.24, 2.45) is 35.5 Å². The lowest BCUT2D eigenvalue weighted by molar-refractivity contribution is -0.169. The summed E-state index contributed by atoms with van der Waals surface area (Å²) in [5.41, 5.74) is 0.508. The molecule has 0 spiro atoms. The van der Waals surface area contributed by atoms with Crippen molar-refractivity contribution in [2.45, 2.75) is 26.4 Å². The van der Waals surface area contributed by atoms with Crippen molar-refractivity contribution in [3.63, 3.8) is 0 Å². The Morgan fingerprint density at radius 2 is 1.56 bits per heavy atom. The Kier molecular flexibility index (Phi) is 4.62. The van der Waals surface area contributed by atoms with Crippen LogP contribution in [0.3, 0.4) is 0 Å². The molecule has 0 aromatic heterocycles. The van der Waals surface area contributed by atoms with Crippen LogP contribution in [0.5, 0.6) is 0 Å². The number of carbonyl (C=O) groups is 3. The quantitative estimate of drug-likeness (QED) is 0.438. The highest BCUT2D eigenvalue weighted by molar-refractivity contribution is 5.98. The summed E-state index contributed by atoms with van der Waals surface area (Å²) in [5, 5.41) is 0. The van der Waals surface area contributed by atoms with Crippen LogP contribution in [-0.4, -0.2) is 30.4 Å². The molecule has 0 unspecified atom stereocenters. The Hall–Kier alpha value is -2.43. The molecular formula is C22H24O5. The van der Waals surface area contributed by atoms with E-state index in [9.17, 15) is 14.4 Å². The van der Waals surface area contributed by atoms with E-state index in [1.807, 2.05) is 6.07 Å². The van der Waals surface area contributed by atoms with Crippen LogP contribution < -0.4 is 0 Å². The molecule has 4 aliphatic rings. The van der Waals surface area contributed by atoms with Crippen molar-refractivity contribution in [1.82, 2.24) is 0 Å². The molecule has 5 heteroatoms. The highest BCUT2D eigenvalue weighted by Gasteiger charge is 2.63. The number of ether oxygens (including phenoxy) is 2. The number of benzene rings is 1. The van der Waals surface area contributed by atoms with E-state index in [0.29, 0.717) is 17.4 Å². The summed E-state index contributed by atoms with van der Waals surface area (Å²) in [5.74, 6) is -1.14. The molecule has 0 heterocycles. The third kappa shape index (κ3) is 3.31. The minimum atomic E-state index is -0.557. The molecule has 0 saturated heterocycles. The average Bonchev–Trinajstić information content (AvgIpc) is 3.48. The van der Waals surface area contributed by atoms with Gasteiger partial charge in [-0.1, -0.05) is 42.5 Å². The second-order valence-corrected chi connectivity index (χ2v) is 8.04. The number of ketones is 1. The van der Waals surface area contributed by atoms with Gasteiger partial charge in [0.25, 0.3) is 0 Å². The number of hydrogen-bond acceptors (Lipinski definition) is 5. The maximum atomic E-state index is 12.9. The van der Waals surface area contributed by atoms with Crippen molar-refractivity contribution >= 4 is 17.7 Å². The number of Topliss-reactive ketones (excluding diaryl/α,β-unsaturated/α-hetero) is 1. The lowest BCUT2D eigenvalue weighted by Gasteiger charge is -2.41. The van der Waals surface area contributed by atoms with Crippen molar-refractivity contribution in [1.29, 1.82) is 0 Å². The van der Waals surface area contributed by atoms with Crippen LogP contribution in [0.2, 0.25) is 0 Å². The van der Waals surface area contributed by atoms with Crippen molar-refractivity contribution in [2.75, 3.05) is 6.61 Å². The van der Waals surface area contributed by atoms with Gasteiger partial charge in [0.15, 0.2) is 12.4 Å². The van der Waals surface area contributed by atoms with Gasteiger partial charge < -0.3 is 9.47 Å². The maximum Gasteiger partial charge on any atom is 0.310 e. The van der Waals surface area contributed by atoms with Crippen molar-refractivity contribution < 1.29 is 23.9 Å². The zero-order valence-corrected chi connectivity index (χ0v) is 15.5. The zero-order chi connectivity index (χ0) is 19.1. The van der Waals surface area contributed by atoms with Crippen LogP contribution >= 0.6 is 0 Å². The summed E-state index contributed by atoms with van der Waals surface area (Å²) in [6, 6.07) is 8.75. The predicted molar refractivity (Wildman–Crippen MR) is 97.7 cm³/mol. The van der Waals surface area contributed by atoms with E-state index >= 15 is 0 Å². The van der Waals surface area contributed by atoms with Gasteiger partial charge in [-0.25, -0.2) is 0 Å². The van der Waals surface area contributed by atoms with E-state index in [-0.39, 0.29) is 36.3 Å². The lowest BCUT2D eigenvalue weighted by Crippen LogP contribution is -2.48. The highest BCUT2D eigenvalue weighted by atomic mass is 16.5. The third-order valence-electron chi connectivity index (χ3n) is 5.99. The van der Waals surface area contributed by atoms with E-state index < -0.39 is 17.8 Å². The number of hydrogen-bond donors (Lipinski definition) is 0. The molecule has 1 aromatic rings. The number of esters is 2. The highest BCUT2D eigenvalue weighted by Crippen LogP contribution is 2.63. The number of fused-ring (bicyclic) bond motifs is 1. The first kappa shape index (κ1) is 18.0. The van der Waals surface area contributed by atoms with Gasteiger partial charge >= 0.3 is 11.9 Å². The SMILES string of the molecule is CC(C)OC(=O)[C@H]1[C@H]2C=C[C@H]([C@H]3C[C@H]23)[C@@H]1C(=O)OCC(=O)c1ccccc1. The van der Waals surface area contributed by atoms with E-state index in [1.54, 1.807) is 38.1 Å². The molecular weight excluding hydrogens is 344 g/mol. The van der Waals surface area contributed by atoms with Crippen molar-refractivity contribution in [3.8, 4) is 0 Å². The van der Waals surface area contributed by atoms with Crippen LogP contribution in [0.25, 0.3) is 0 Å². The molecule has 2 fully saturated rings. The van der Waals surface area contributed by atoms with Gasteiger partial charge in [0, 0.05) is 5.56 Å². The zero-order valence-electron chi connectivity index (χ0n) is 15.5. The van der Waals surface area contributed by atoms with E-state index in [1.165, 1.54) is 0 Å². The van der Waals surface area contributed by atoms with Crippen LogP contribution in [0.1, 0.15) is 30.6 Å². The predicted octanol–water partition coefficient (Wildman–Crippen LogP) is 3.05. The fourth-order valence-electron chi connectivity index (χ4n) is 4.77. The summed E-state index contributed by atoms with van der Waals surface area (Å²) in [7, 11) is 0. The van der Waals surface area contributed by atoms with Gasteiger partial charge in [-0.2, -0.15) is 0 Å². The third-order valence-corrected chi connectivity index (χ3v) is 5.99. The molecule has 2 bridgehead atoms. The molecule has 0 aliphatic heterocycles. The molecule has 5 rings (SSSR count). The summed E-state index contributed by atoms with van der Waals surface area (Å²) in [6.45, 7) is 3.31. The van der Waals surface area contributed by atoms with Crippen LogP contribution in [0, 0.1) is 35.5 Å². The molecule has 27 heavy (non-hydrogen) atoms. The number of allylic oxidation sites excluding steroid dienone is 2. The summed E-state index contributed by atoms with van der Waals surface area (Å²) in [6.07, 6.45) is 4.95. The molecule has 1 aromatic carbocycles. The lowest BCUT2D eigenvalue weighted by atomic mass is 9.62. The second kappa shape index (κ2) is 6.95. The molecule has 0 radical (unpaired) electrons. The van der Waals surface area contributed by atoms with Crippen LogP contribution in [0.4, 0.5) is 0 Å². The standard InChI is InChI=1S/C22H24O5/c1-12(2)27-22(25)20-15-9-8-14(16-10-17(15)16)19(20)21(24)26-11-18(23)13-6-4-3-5-7-13/h3-9,12,14-17,19-20H,10-11H2,1-2H3/t14-,15+,16-,17-,19+,20+/m1/s1. The summed E-state index contributed by atoms with van der Waals surface area (Å²) in [4.78, 5) is 37.8. The molecule has 4 aliphatic carbocycles. The van der Waals surface area contributed by atoms with Crippen LogP contribution in [0.15, 0.2) is 42.5 Å². The number of rotatable bonds is 6. The summed E-state index contributed by atoms with van der Waals surface area (Å²) < 4.78 is 10.8. The molecule has 0 N–H and O–H groups in total. The van der Waals surface area contributed by atoms with E-state index in [2.05, 4.69) is 12.2 Å². The minimum Gasteiger partial charge on any atom is -0.463 e. The second-order valence-electron chi connectivity index (χ2n) is 8.04. The van der Waals surface area contributed by atoms with E-state index in [4.69, 9.17) is 9.47 Å². The molecule has 6 atom stereocenters. The summed E-state index contributed by atoms with van der Waals surface area (Å²) >= 11 is 0. The maximum absolute atomic E-state index is 12.9. The van der Waals surface area contributed by atoms with Crippen molar-refractivity contribution in [3.05, 3.63) is 48.0 Å². The monoisotopic (exact) mass is 368 g/mol. The van der Waals surface area contributed by atoms with Gasteiger partial charge in [-0.05, 0) is 43.9 Å². The Bertz CT molecular complexity index is 781. The fraction of sp³-hybridized carbons (Fsp3) is 0.500. The molecule has 5 nitrogen and oxygen atoms in total. The van der Waals surface area contributed by atoms with Gasteiger partial charge in [0.05, 0.1) is 17.9 Å². The molecule has 2 saturated carbocycles. The Morgan fingerprint density at radius 1 is 0.963 bits per heavy atom. The molecule has 142 valence electrons. The largest absolute Gasteiger partial charge is 0.463 e. The topological polar surface area (TPSA) is 69.7 Å². The van der Waals surface area contributed by atoms with Crippen LogP contribution in [-0.2, 0) is 19.1 Å². The Labute approximate surface area is 158 Å². The average molecular weight is 368 g/mol. The normalized spacial score (nSPS) is 32.7. The van der Waals surface area contributed by atoms with Gasteiger partial charge in [0.1, 0.15) is 0 Å². The Morgan fingerprint density at radius 3 is 2.15 bits per heavy atom. The van der Waals surface area contributed by atoms with E-state index in [0.717, 1.165) is 6.42 Å². The Balaban J connectivity index is 1.48. The van der Waals surface area contributed by atoms with Gasteiger partial charge in [0.2, 0.25) is 0 Å².